The molecule has 0 bridgehead atoms. The minimum absolute atomic E-state index is 0.0829. The molecule has 0 saturated heterocycles. The highest BCUT2D eigenvalue weighted by Gasteiger charge is 2.35. The zero-order valence-electron chi connectivity index (χ0n) is 24.5. The third kappa shape index (κ3) is 7.21. The number of anilines is 1. The van der Waals surface area contributed by atoms with Gasteiger partial charge in [-0.2, -0.15) is 0 Å². The number of aliphatic hydroxyl groups excluding tert-OH is 1. The predicted octanol–water partition coefficient (Wildman–Crippen LogP) is 5.47. The van der Waals surface area contributed by atoms with Gasteiger partial charge in [-0.05, 0) is 73.4 Å². The number of aryl methyl sites for hydroxylation is 1. The summed E-state index contributed by atoms with van der Waals surface area (Å²) in [6.07, 6.45) is -0.0151. The summed E-state index contributed by atoms with van der Waals surface area (Å²) in [4.78, 5) is 30.4. The number of amides is 2. The molecular formula is C33H38N4O6. The van der Waals surface area contributed by atoms with Crippen molar-refractivity contribution in [3.05, 3.63) is 89.1 Å². The van der Waals surface area contributed by atoms with E-state index in [1.165, 1.54) is 0 Å². The minimum Gasteiger partial charge on any atom is -0.493 e. The zero-order chi connectivity index (χ0) is 30.3. The Bertz CT molecular complexity index is 1550. The van der Waals surface area contributed by atoms with E-state index in [0.717, 1.165) is 39.7 Å². The van der Waals surface area contributed by atoms with Crippen LogP contribution >= 0.6 is 0 Å². The number of aromatic nitrogens is 1. The number of alkyl carbamates (subject to hydrolysis) is 1. The average molecular weight is 587 g/mol. The number of nitrogens with one attached hydrogen (secondary N) is 2. The van der Waals surface area contributed by atoms with Gasteiger partial charge in [0.15, 0.2) is 0 Å². The highest BCUT2D eigenvalue weighted by atomic mass is 16.6. The van der Waals surface area contributed by atoms with E-state index in [9.17, 15) is 14.7 Å². The number of aliphatic hydroxyl groups is 1. The molecule has 0 radical (unpaired) electrons. The highest BCUT2D eigenvalue weighted by Crippen LogP contribution is 2.39. The van der Waals surface area contributed by atoms with Gasteiger partial charge in [0.1, 0.15) is 17.5 Å². The number of benzene rings is 3. The van der Waals surface area contributed by atoms with Crippen molar-refractivity contribution in [2.24, 2.45) is 0 Å². The van der Waals surface area contributed by atoms with Crippen molar-refractivity contribution in [2.45, 2.75) is 45.3 Å². The van der Waals surface area contributed by atoms with Crippen LogP contribution in [0.2, 0.25) is 0 Å². The van der Waals surface area contributed by atoms with Crippen molar-refractivity contribution in [1.82, 2.24) is 15.2 Å². The Kier molecular flexibility index (Phi) is 9.36. The lowest BCUT2D eigenvalue weighted by molar-refractivity contribution is 0.118. The number of rotatable bonds is 10. The van der Waals surface area contributed by atoms with Gasteiger partial charge in [-0.1, -0.05) is 36.8 Å². The van der Waals surface area contributed by atoms with Crippen LogP contribution in [0.15, 0.2) is 66.7 Å². The van der Waals surface area contributed by atoms with Crippen LogP contribution in [0.5, 0.6) is 11.5 Å². The van der Waals surface area contributed by atoms with E-state index in [2.05, 4.69) is 10.3 Å². The lowest BCUT2D eigenvalue weighted by Gasteiger charge is -2.35. The van der Waals surface area contributed by atoms with Crippen molar-refractivity contribution >= 4 is 28.8 Å². The Morgan fingerprint density at radius 3 is 2.56 bits per heavy atom. The number of hydrogen-bond acceptors (Lipinski definition) is 7. The van der Waals surface area contributed by atoms with Crippen LogP contribution in [0.3, 0.4) is 0 Å². The van der Waals surface area contributed by atoms with Gasteiger partial charge < -0.3 is 35.4 Å². The normalized spacial score (nSPS) is 15.0. The van der Waals surface area contributed by atoms with Gasteiger partial charge in [-0.3, -0.25) is 4.90 Å². The number of nitrogen functional groups attached to an aromatic ring is 1. The maximum Gasteiger partial charge on any atom is 0.416 e. The summed E-state index contributed by atoms with van der Waals surface area (Å²) in [7, 11) is 0. The van der Waals surface area contributed by atoms with Gasteiger partial charge >= 0.3 is 12.2 Å². The molecule has 2 unspecified atom stereocenters. The molecule has 1 aliphatic rings. The first kappa shape index (κ1) is 29.8. The summed E-state index contributed by atoms with van der Waals surface area (Å²) >= 11 is 0. The van der Waals surface area contributed by atoms with E-state index in [4.69, 9.17) is 19.9 Å². The molecule has 43 heavy (non-hydrogen) atoms. The highest BCUT2D eigenvalue weighted by molar-refractivity contribution is 5.88. The summed E-state index contributed by atoms with van der Waals surface area (Å²) < 4.78 is 16.6. The van der Waals surface area contributed by atoms with Crippen LogP contribution in [0.25, 0.3) is 10.9 Å². The third-order valence-corrected chi connectivity index (χ3v) is 7.45. The molecule has 4 aromatic rings. The Labute approximate surface area is 250 Å². The zero-order valence-corrected chi connectivity index (χ0v) is 24.5. The third-order valence-electron chi connectivity index (χ3n) is 7.45. The number of ether oxygens (including phenoxy) is 3. The van der Waals surface area contributed by atoms with Gasteiger partial charge in [-0.15, -0.1) is 0 Å². The van der Waals surface area contributed by atoms with Crippen molar-refractivity contribution in [3.63, 3.8) is 0 Å². The van der Waals surface area contributed by atoms with Crippen LogP contribution in [0.4, 0.5) is 15.3 Å². The molecule has 1 aromatic heterocycles. The molecule has 5 N–H and O–H groups in total. The molecule has 10 heteroatoms. The molecule has 0 spiro atoms. The van der Waals surface area contributed by atoms with Crippen LogP contribution in [-0.2, 0) is 11.2 Å². The molecule has 1 aliphatic heterocycles. The Balaban J connectivity index is 1.30. The lowest BCUT2D eigenvalue weighted by Crippen LogP contribution is -2.42. The van der Waals surface area contributed by atoms with E-state index in [1.807, 2.05) is 68.4 Å². The summed E-state index contributed by atoms with van der Waals surface area (Å²) in [5.74, 6) is 1.11. The van der Waals surface area contributed by atoms with E-state index in [1.54, 1.807) is 17.0 Å². The van der Waals surface area contributed by atoms with Crippen molar-refractivity contribution in [2.75, 3.05) is 32.0 Å². The van der Waals surface area contributed by atoms with Gasteiger partial charge in [0, 0.05) is 41.8 Å². The summed E-state index contributed by atoms with van der Waals surface area (Å²) in [6, 6.07) is 20.3. The topological polar surface area (TPSA) is 139 Å². The van der Waals surface area contributed by atoms with Crippen LogP contribution < -0.4 is 20.5 Å². The maximum absolute atomic E-state index is 13.5. The first-order chi connectivity index (χ1) is 20.8. The van der Waals surface area contributed by atoms with Crippen LogP contribution in [0, 0.1) is 6.92 Å². The molecule has 0 saturated carbocycles. The standard InChI is InChI=1S/C33H38N4O6/c1-3-17-42-32(39)35-20-24(38)15-18-41-25-11-6-22(7-12-25)31-30-27(28-19-23(34)8-13-29(28)36-30)14-16-37(31)33(40)43-26-9-4-21(2)5-10-26/h4-13,19,24,31,36,38H,3,14-18,20,34H2,1-2H3,(H,35,39). The molecule has 2 atom stereocenters. The SMILES string of the molecule is CCCOC(=O)NCC(O)CCOc1ccc(C2c3[nH]c4ccc(N)cc4c3CCN2C(=O)Oc2ccc(C)cc2)cc1. The van der Waals surface area contributed by atoms with Crippen molar-refractivity contribution in [3.8, 4) is 11.5 Å². The van der Waals surface area contributed by atoms with Gasteiger partial charge in [0.2, 0.25) is 0 Å². The molecule has 0 aliphatic carbocycles. The number of hydrogen-bond donors (Lipinski definition) is 4. The Morgan fingerprint density at radius 2 is 1.81 bits per heavy atom. The van der Waals surface area contributed by atoms with E-state index in [-0.39, 0.29) is 13.2 Å². The monoisotopic (exact) mass is 586 g/mol. The Hall–Kier alpha value is -4.70. The lowest BCUT2D eigenvalue weighted by atomic mass is 9.92. The number of nitrogens with zero attached hydrogens (tertiary/aromatic N) is 1. The molecule has 2 amide bonds. The number of aromatic amines is 1. The quantitative estimate of drug-likeness (QED) is 0.181. The largest absolute Gasteiger partial charge is 0.493 e. The van der Waals surface area contributed by atoms with Gasteiger partial charge in [-0.25, -0.2) is 9.59 Å². The summed E-state index contributed by atoms with van der Waals surface area (Å²) in [5, 5.41) is 13.8. The number of nitrogens with two attached hydrogens (primary N) is 1. The van der Waals surface area contributed by atoms with Gasteiger partial charge in [0.25, 0.3) is 0 Å². The summed E-state index contributed by atoms with van der Waals surface area (Å²) in [6.45, 7) is 5.05. The second kappa shape index (κ2) is 13.5. The smallest absolute Gasteiger partial charge is 0.416 e. The maximum atomic E-state index is 13.5. The number of H-pyrrole nitrogens is 1. The number of carbonyl (C=O) groups is 2. The fourth-order valence-corrected chi connectivity index (χ4v) is 5.22. The first-order valence-corrected chi connectivity index (χ1v) is 14.6. The molecular weight excluding hydrogens is 548 g/mol. The molecule has 2 heterocycles. The van der Waals surface area contributed by atoms with E-state index in [0.29, 0.717) is 43.2 Å². The number of fused-ring (bicyclic) bond motifs is 3. The molecule has 5 rings (SSSR count). The Morgan fingerprint density at radius 1 is 1.07 bits per heavy atom. The second-order valence-electron chi connectivity index (χ2n) is 10.7. The predicted molar refractivity (Wildman–Crippen MR) is 164 cm³/mol. The fraction of sp³-hybridized carbons (Fsp3) is 0.333. The average Bonchev–Trinajstić information content (AvgIpc) is 3.38. The minimum atomic E-state index is -0.766. The fourth-order valence-electron chi connectivity index (χ4n) is 5.22. The van der Waals surface area contributed by atoms with Crippen molar-refractivity contribution < 1.29 is 28.9 Å². The van der Waals surface area contributed by atoms with Gasteiger partial charge in [0.05, 0.1) is 19.3 Å². The van der Waals surface area contributed by atoms with Crippen molar-refractivity contribution in [1.29, 1.82) is 0 Å². The molecule has 226 valence electrons. The first-order valence-electron chi connectivity index (χ1n) is 14.6. The van der Waals surface area contributed by atoms with E-state index < -0.39 is 24.3 Å². The van der Waals surface area contributed by atoms with E-state index >= 15 is 0 Å². The van der Waals surface area contributed by atoms with Crippen LogP contribution in [0.1, 0.15) is 48.2 Å². The summed E-state index contributed by atoms with van der Waals surface area (Å²) in [5.41, 5.74) is 11.8. The molecule has 3 aromatic carbocycles. The van der Waals surface area contributed by atoms with Crippen LogP contribution in [-0.4, -0.2) is 59.6 Å². The second-order valence-corrected chi connectivity index (χ2v) is 10.7. The molecule has 0 fully saturated rings. The molecule has 10 nitrogen and oxygen atoms in total. The number of carbonyl (C=O) groups excluding carboxylic acids is 2.